The summed E-state index contributed by atoms with van der Waals surface area (Å²) < 4.78 is 0. The van der Waals surface area contributed by atoms with Gasteiger partial charge in [-0.15, -0.1) is 11.8 Å². The molecule has 0 saturated heterocycles. The van der Waals surface area contributed by atoms with Crippen molar-refractivity contribution in [2.75, 3.05) is 18.9 Å². The van der Waals surface area contributed by atoms with Gasteiger partial charge in [0.15, 0.2) is 0 Å². The van der Waals surface area contributed by atoms with Crippen molar-refractivity contribution in [3.05, 3.63) is 29.3 Å². The van der Waals surface area contributed by atoms with Crippen LogP contribution < -0.4 is 5.32 Å². The van der Waals surface area contributed by atoms with Gasteiger partial charge in [-0.3, -0.25) is 0 Å². The molecule has 0 unspecified atom stereocenters. The van der Waals surface area contributed by atoms with Gasteiger partial charge in [0.05, 0.1) is 6.61 Å². The lowest BCUT2D eigenvalue weighted by Gasteiger charge is -2.16. The van der Waals surface area contributed by atoms with Crippen molar-refractivity contribution in [3.8, 4) is 0 Å². The molecular formula is C12H17NOS. The van der Waals surface area contributed by atoms with E-state index in [1.165, 1.54) is 34.6 Å². The van der Waals surface area contributed by atoms with Crippen LogP contribution in [0.4, 0.5) is 0 Å². The minimum absolute atomic E-state index is 0.209. The SMILES string of the molecule is OCCNCc1ccc2c(c1)CCCS2. The lowest BCUT2D eigenvalue weighted by molar-refractivity contribution is 0.292. The van der Waals surface area contributed by atoms with Gasteiger partial charge in [0, 0.05) is 18.0 Å². The highest BCUT2D eigenvalue weighted by Gasteiger charge is 2.09. The lowest BCUT2D eigenvalue weighted by atomic mass is 10.1. The van der Waals surface area contributed by atoms with Gasteiger partial charge < -0.3 is 10.4 Å². The highest BCUT2D eigenvalue weighted by Crippen LogP contribution is 2.30. The quantitative estimate of drug-likeness (QED) is 0.764. The highest BCUT2D eigenvalue weighted by molar-refractivity contribution is 7.99. The van der Waals surface area contributed by atoms with E-state index in [0.29, 0.717) is 6.54 Å². The molecule has 0 fully saturated rings. The Balaban J connectivity index is 2.00. The Labute approximate surface area is 95.1 Å². The monoisotopic (exact) mass is 223 g/mol. The zero-order chi connectivity index (χ0) is 10.5. The number of benzene rings is 1. The van der Waals surface area contributed by atoms with Crippen LogP contribution in [0.15, 0.2) is 23.1 Å². The maximum atomic E-state index is 8.67. The average molecular weight is 223 g/mol. The van der Waals surface area contributed by atoms with Crippen LogP contribution in [0.25, 0.3) is 0 Å². The molecule has 3 heteroatoms. The molecule has 1 aromatic rings. The summed E-state index contributed by atoms with van der Waals surface area (Å²) in [6, 6.07) is 6.71. The highest BCUT2D eigenvalue weighted by atomic mass is 32.2. The fourth-order valence-electron chi connectivity index (χ4n) is 1.84. The van der Waals surface area contributed by atoms with Crippen LogP contribution in [-0.4, -0.2) is 24.0 Å². The first kappa shape index (κ1) is 11.0. The number of hydrogen-bond donors (Lipinski definition) is 2. The zero-order valence-corrected chi connectivity index (χ0v) is 9.65. The first-order valence-electron chi connectivity index (χ1n) is 5.46. The molecule has 15 heavy (non-hydrogen) atoms. The number of aliphatic hydroxyl groups excluding tert-OH is 1. The summed E-state index contributed by atoms with van der Waals surface area (Å²) in [6.45, 7) is 1.74. The third kappa shape index (κ3) is 2.97. The molecule has 2 N–H and O–H groups in total. The molecule has 0 atom stereocenters. The number of fused-ring (bicyclic) bond motifs is 1. The van der Waals surface area contributed by atoms with E-state index in [9.17, 15) is 0 Å². The van der Waals surface area contributed by atoms with Crippen molar-refractivity contribution in [1.29, 1.82) is 0 Å². The number of nitrogens with one attached hydrogen (secondary N) is 1. The Morgan fingerprint density at radius 1 is 1.40 bits per heavy atom. The number of aliphatic hydroxyl groups is 1. The van der Waals surface area contributed by atoms with Crippen LogP contribution in [-0.2, 0) is 13.0 Å². The molecule has 2 nitrogen and oxygen atoms in total. The molecule has 1 aliphatic heterocycles. The fraction of sp³-hybridized carbons (Fsp3) is 0.500. The minimum Gasteiger partial charge on any atom is -0.395 e. The summed E-state index contributed by atoms with van der Waals surface area (Å²) in [5.41, 5.74) is 2.82. The molecule has 82 valence electrons. The fourth-order valence-corrected chi connectivity index (χ4v) is 2.85. The smallest absolute Gasteiger partial charge is 0.0556 e. The third-order valence-electron chi connectivity index (χ3n) is 2.59. The maximum absolute atomic E-state index is 8.67. The molecule has 0 aliphatic carbocycles. The summed E-state index contributed by atoms with van der Waals surface area (Å²) >= 11 is 1.97. The van der Waals surface area contributed by atoms with Crippen LogP contribution in [0.5, 0.6) is 0 Å². The van der Waals surface area contributed by atoms with Crippen LogP contribution in [0.3, 0.4) is 0 Å². The van der Waals surface area contributed by atoms with E-state index < -0.39 is 0 Å². The molecule has 2 rings (SSSR count). The largest absolute Gasteiger partial charge is 0.395 e. The van der Waals surface area contributed by atoms with Gasteiger partial charge in [-0.05, 0) is 35.8 Å². The molecule has 0 radical (unpaired) electrons. The number of thioether (sulfide) groups is 1. The number of aryl methyl sites for hydroxylation is 1. The van der Waals surface area contributed by atoms with E-state index in [2.05, 4.69) is 23.5 Å². The van der Waals surface area contributed by atoms with E-state index in [1.807, 2.05) is 11.8 Å². The van der Waals surface area contributed by atoms with E-state index in [4.69, 9.17) is 5.11 Å². The van der Waals surface area contributed by atoms with Crippen molar-refractivity contribution in [2.24, 2.45) is 0 Å². The molecule has 0 aromatic heterocycles. The van der Waals surface area contributed by atoms with Crippen molar-refractivity contribution in [2.45, 2.75) is 24.3 Å². The van der Waals surface area contributed by atoms with E-state index in [0.717, 1.165) is 6.54 Å². The zero-order valence-electron chi connectivity index (χ0n) is 8.83. The molecule has 0 bridgehead atoms. The van der Waals surface area contributed by atoms with E-state index >= 15 is 0 Å². The summed E-state index contributed by atoms with van der Waals surface area (Å²) in [5, 5.41) is 11.9. The van der Waals surface area contributed by atoms with Crippen molar-refractivity contribution in [3.63, 3.8) is 0 Å². The summed E-state index contributed by atoms with van der Waals surface area (Å²) in [4.78, 5) is 1.45. The molecule has 0 saturated carbocycles. The molecule has 1 heterocycles. The normalized spacial score (nSPS) is 15.0. The Morgan fingerprint density at radius 3 is 3.20 bits per heavy atom. The van der Waals surface area contributed by atoms with Gasteiger partial charge in [-0.25, -0.2) is 0 Å². The van der Waals surface area contributed by atoms with Crippen LogP contribution >= 0.6 is 11.8 Å². The van der Waals surface area contributed by atoms with Crippen LogP contribution in [0, 0.1) is 0 Å². The summed E-state index contributed by atoms with van der Waals surface area (Å²) in [7, 11) is 0. The minimum atomic E-state index is 0.209. The molecule has 1 aromatic carbocycles. The first-order chi connectivity index (χ1) is 7.40. The van der Waals surface area contributed by atoms with Crippen LogP contribution in [0.2, 0.25) is 0 Å². The third-order valence-corrected chi connectivity index (χ3v) is 3.79. The second-order valence-electron chi connectivity index (χ2n) is 3.79. The first-order valence-corrected chi connectivity index (χ1v) is 6.45. The van der Waals surface area contributed by atoms with Crippen LogP contribution in [0.1, 0.15) is 17.5 Å². The second-order valence-corrected chi connectivity index (χ2v) is 4.93. The van der Waals surface area contributed by atoms with Crippen molar-refractivity contribution in [1.82, 2.24) is 5.32 Å². The number of hydrogen-bond acceptors (Lipinski definition) is 3. The standard InChI is InChI=1S/C12H17NOS/c14-6-5-13-9-10-3-4-12-11(8-10)2-1-7-15-12/h3-4,8,13-14H,1-2,5-7,9H2. The molecule has 1 aliphatic rings. The van der Waals surface area contributed by atoms with Crippen molar-refractivity contribution >= 4 is 11.8 Å². The van der Waals surface area contributed by atoms with Gasteiger partial charge in [0.2, 0.25) is 0 Å². The van der Waals surface area contributed by atoms with E-state index in [1.54, 1.807) is 0 Å². The maximum Gasteiger partial charge on any atom is 0.0556 e. The Hall–Kier alpha value is -0.510. The molecule has 0 spiro atoms. The second kappa shape index (κ2) is 5.54. The number of rotatable bonds is 4. The summed E-state index contributed by atoms with van der Waals surface area (Å²) in [6.07, 6.45) is 2.52. The lowest BCUT2D eigenvalue weighted by Crippen LogP contribution is -2.17. The van der Waals surface area contributed by atoms with Gasteiger partial charge in [-0.1, -0.05) is 12.1 Å². The predicted molar refractivity (Wildman–Crippen MR) is 64.3 cm³/mol. The predicted octanol–water partition coefficient (Wildman–Crippen LogP) is 1.81. The Kier molecular flexibility index (Phi) is 4.06. The van der Waals surface area contributed by atoms with Crippen molar-refractivity contribution < 1.29 is 5.11 Å². The van der Waals surface area contributed by atoms with Gasteiger partial charge in [-0.2, -0.15) is 0 Å². The Morgan fingerprint density at radius 2 is 2.33 bits per heavy atom. The summed E-state index contributed by atoms with van der Waals surface area (Å²) in [5.74, 6) is 1.26. The van der Waals surface area contributed by atoms with Gasteiger partial charge >= 0.3 is 0 Å². The van der Waals surface area contributed by atoms with E-state index in [-0.39, 0.29) is 6.61 Å². The molecular weight excluding hydrogens is 206 g/mol. The average Bonchev–Trinajstić information content (AvgIpc) is 2.29. The van der Waals surface area contributed by atoms with Gasteiger partial charge in [0.1, 0.15) is 0 Å². The topological polar surface area (TPSA) is 32.3 Å². The van der Waals surface area contributed by atoms with Gasteiger partial charge in [0.25, 0.3) is 0 Å². The molecule has 0 amide bonds. The Bertz CT molecular complexity index is 327.